The molecule has 0 aliphatic carbocycles. The molecule has 0 fully saturated rings. The molecule has 6 heteroatoms. The molecule has 1 heterocycles. The Kier molecular flexibility index (Phi) is 3.76. The first-order chi connectivity index (χ1) is 7.75. The van der Waals surface area contributed by atoms with Crippen LogP contribution in [0.15, 0.2) is 9.59 Å². The van der Waals surface area contributed by atoms with Crippen molar-refractivity contribution in [3.8, 4) is 0 Å². The van der Waals surface area contributed by atoms with Gasteiger partial charge in [-0.05, 0) is 46.8 Å². The highest BCUT2D eigenvalue weighted by atomic mass is 32.1. The van der Waals surface area contributed by atoms with E-state index in [9.17, 15) is 9.59 Å². The normalized spacial score (nSPS) is 11.8. The summed E-state index contributed by atoms with van der Waals surface area (Å²) in [5, 5.41) is 0. The molecule has 17 heavy (non-hydrogen) atoms. The topological polar surface area (TPSA) is 48.9 Å². The van der Waals surface area contributed by atoms with Crippen LogP contribution in [0.3, 0.4) is 0 Å². The van der Waals surface area contributed by atoms with Gasteiger partial charge in [-0.2, -0.15) is 0 Å². The van der Waals surface area contributed by atoms with Crippen molar-refractivity contribution in [3.63, 3.8) is 0 Å². The average Bonchev–Trinajstić information content (AvgIpc) is 2.16. The molecule has 0 aliphatic rings. The standard InChI is InChI=1S/C11H19N3O2S/c1-6-12-8(15)14(11(3,4)5)9(16)13(7-2)10(12)17/h6-7H2,1-5H3. The van der Waals surface area contributed by atoms with Crippen molar-refractivity contribution in [1.82, 2.24) is 13.7 Å². The second kappa shape index (κ2) is 4.60. The molecule has 1 aromatic rings. The van der Waals surface area contributed by atoms with Gasteiger partial charge in [0.2, 0.25) is 0 Å². The third kappa shape index (κ3) is 2.26. The van der Waals surface area contributed by atoms with E-state index in [1.165, 1.54) is 13.7 Å². The van der Waals surface area contributed by atoms with Gasteiger partial charge in [0.05, 0.1) is 0 Å². The summed E-state index contributed by atoms with van der Waals surface area (Å²) in [7, 11) is 0. The van der Waals surface area contributed by atoms with Crippen LogP contribution in [-0.4, -0.2) is 13.7 Å². The lowest BCUT2D eigenvalue weighted by Gasteiger charge is -2.23. The number of nitrogens with zero attached hydrogens (tertiary/aromatic N) is 3. The number of rotatable bonds is 2. The van der Waals surface area contributed by atoms with Crippen LogP contribution in [0.5, 0.6) is 0 Å². The molecule has 0 unspecified atom stereocenters. The number of hydrogen-bond donors (Lipinski definition) is 0. The van der Waals surface area contributed by atoms with E-state index < -0.39 is 5.54 Å². The SMILES string of the molecule is CCn1c(=S)n(CC)c(=O)n(C(C)(C)C)c1=O. The molecule has 0 aromatic carbocycles. The van der Waals surface area contributed by atoms with Crippen LogP contribution < -0.4 is 11.4 Å². The van der Waals surface area contributed by atoms with Crippen molar-refractivity contribution in [2.75, 3.05) is 0 Å². The maximum Gasteiger partial charge on any atom is 0.334 e. The third-order valence-electron chi connectivity index (χ3n) is 2.61. The summed E-state index contributed by atoms with van der Waals surface area (Å²) >= 11 is 5.16. The lowest BCUT2D eigenvalue weighted by atomic mass is 10.1. The first-order valence-electron chi connectivity index (χ1n) is 5.72. The average molecular weight is 257 g/mol. The summed E-state index contributed by atoms with van der Waals surface area (Å²) in [6.45, 7) is 10.1. The summed E-state index contributed by atoms with van der Waals surface area (Å²) in [5.41, 5.74) is -1.22. The zero-order valence-electron chi connectivity index (χ0n) is 11.0. The fourth-order valence-corrected chi connectivity index (χ4v) is 2.16. The molecule has 0 atom stereocenters. The lowest BCUT2D eigenvalue weighted by Crippen LogP contribution is -2.51. The van der Waals surface area contributed by atoms with Gasteiger partial charge in [0.1, 0.15) is 0 Å². The fourth-order valence-electron chi connectivity index (χ4n) is 1.75. The van der Waals surface area contributed by atoms with Gasteiger partial charge in [0, 0.05) is 18.6 Å². The minimum absolute atomic E-state index is 0.297. The maximum absolute atomic E-state index is 12.2. The molecule has 1 aromatic heterocycles. The Morgan fingerprint density at radius 2 is 1.35 bits per heavy atom. The second-order valence-electron chi connectivity index (χ2n) is 4.84. The smallest absolute Gasteiger partial charge is 0.270 e. The quantitative estimate of drug-likeness (QED) is 0.751. The van der Waals surface area contributed by atoms with E-state index in [0.717, 1.165) is 0 Å². The Hall–Kier alpha value is -1.17. The molecular formula is C11H19N3O2S. The van der Waals surface area contributed by atoms with E-state index in [0.29, 0.717) is 17.9 Å². The van der Waals surface area contributed by atoms with Gasteiger partial charge in [-0.25, -0.2) is 14.2 Å². The first-order valence-corrected chi connectivity index (χ1v) is 6.13. The van der Waals surface area contributed by atoms with Crippen molar-refractivity contribution >= 4 is 12.2 Å². The van der Waals surface area contributed by atoms with E-state index in [1.807, 2.05) is 34.6 Å². The molecule has 1 rings (SSSR count). The van der Waals surface area contributed by atoms with Crippen molar-refractivity contribution in [1.29, 1.82) is 0 Å². The molecule has 0 N–H and O–H groups in total. The van der Waals surface area contributed by atoms with Crippen LogP contribution in [0.2, 0.25) is 0 Å². The largest absolute Gasteiger partial charge is 0.334 e. The molecule has 0 bridgehead atoms. The Morgan fingerprint density at radius 3 is 1.59 bits per heavy atom. The van der Waals surface area contributed by atoms with Crippen LogP contribution >= 0.6 is 12.2 Å². The highest BCUT2D eigenvalue weighted by molar-refractivity contribution is 7.71. The van der Waals surface area contributed by atoms with Gasteiger partial charge >= 0.3 is 11.4 Å². The van der Waals surface area contributed by atoms with Crippen molar-refractivity contribution in [3.05, 3.63) is 25.7 Å². The van der Waals surface area contributed by atoms with Gasteiger partial charge in [0.15, 0.2) is 4.77 Å². The van der Waals surface area contributed by atoms with Gasteiger partial charge in [-0.15, -0.1) is 0 Å². The van der Waals surface area contributed by atoms with E-state index in [4.69, 9.17) is 12.2 Å². The molecule has 5 nitrogen and oxygen atoms in total. The lowest BCUT2D eigenvalue weighted by molar-refractivity contribution is 0.327. The zero-order valence-corrected chi connectivity index (χ0v) is 11.8. The predicted molar refractivity (Wildman–Crippen MR) is 70.1 cm³/mol. The van der Waals surface area contributed by atoms with E-state index in [1.54, 1.807) is 0 Å². The molecule has 96 valence electrons. The summed E-state index contributed by atoms with van der Waals surface area (Å²) in [6, 6.07) is 0. The van der Waals surface area contributed by atoms with Crippen LogP contribution in [-0.2, 0) is 18.6 Å². The molecule has 0 saturated heterocycles. The minimum Gasteiger partial charge on any atom is -0.270 e. The van der Waals surface area contributed by atoms with Crippen molar-refractivity contribution in [2.45, 2.75) is 53.2 Å². The Bertz CT molecular complexity index is 544. The molecule has 0 radical (unpaired) electrons. The highest BCUT2D eigenvalue weighted by Gasteiger charge is 2.21. The minimum atomic E-state index is -0.551. The summed E-state index contributed by atoms with van der Waals surface area (Å²) in [4.78, 5) is 24.4. The molecule has 0 amide bonds. The molecular weight excluding hydrogens is 238 g/mol. The van der Waals surface area contributed by atoms with E-state index >= 15 is 0 Å². The van der Waals surface area contributed by atoms with Gasteiger partial charge < -0.3 is 0 Å². The van der Waals surface area contributed by atoms with Crippen LogP contribution in [0.25, 0.3) is 0 Å². The summed E-state index contributed by atoms with van der Waals surface area (Å²) < 4.78 is 4.46. The predicted octanol–water partition coefficient (Wildman–Crippen LogP) is 1.34. The van der Waals surface area contributed by atoms with Crippen molar-refractivity contribution < 1.29 is 0 Å². The van der Waals surface area contributed by atoms with Crippen molar-refractivity contribution in [2.24, 2.45) is 0 Å². The number of hydrogen-bond acceptors (Lipinski definition) is 3. The molecule has 0 saturated carbocycles. The first kappa shape index (κ1) is 13.9. The van der Waals surface area contributed by atoms with Crippen LogP contribution in [0, 0.1) is 4.77 Å². The van der Waals surface area contributed by atoms with Gasteiger partial charge in [-0.3, -0.25) is 9.13 Å². The molecule has 0 aliphatic heterocycles. The zero-order chi connectivity index (χ0) is 13.4. The third-order valence-corrected chi connectivity index (χ3v) is 3.05. The van der Waals surface area contributed by atoms with E-state index in [-0.39, 0.29) is 11.4 Å². The van der Waals surface area contributed by atoms with E-state index in [2.05, 4.69) is 0 Å². The Labute approximate surface area is 105 Å². The summed E-state index contributed by atoms with van der Waals surface area (Å²) in [5.74, 6) is 0. The van der Waals surface area contributed by atoms with Crippen LogP contribution in [0.1, 0.15) is 34.6 Å². The number of aromatic nitrogens is 3. The monoisotopic (exact) mass is 257 g/mol. The Morgan fingerprint density at radius 1 is 1.00 bits per heavy atom. The Balaban J connectivity index is 3.94. The molecule has 0 spiro atoms. The second-order valence-corrected chi connectivity index (χ2v) is 5.21. The fraction of sp³-hybridized carbons (Fsp3) is 0.727. The highest BCUT2D eigenvalue weighted by Crippen LogP contribution is 2.07. The van der Waals surface area contributed by atoms with Gasteiger partial charge in [-0.1, -0.05) is 0 Å². The van der Waals surface area contributed by atoms with Crippen LogP contribution in [0.4, 0.5) is 0 Å². The van der Waals surface area contributed by atoms with Gasteiger partial charge in [0.25, 0.3) is 0 Å². The maximum atomic E-state index is 12.2. The summed E-state index contributed by atoms with van der Waals surface area (Å²) in [6.07, 6.45) is 0.